The molecule has 3 fully saturated rings. The van der Waals surface area contributed by atoms with Gasteiger partial charge in [-0.05, 0) is 117 Å². The SMILES string of the molecule is Nc1ccc(C2CCN(CC3CCC(COC(=O)N4CCC(Nc5ncc(F)c(-c6cccc(-c7ccccc7)c6)n5)CC4)CC3)CC2)c(F)c1. The smallest absolute Gasteiger partial charge is 0.409 e. The van der Waals surface area contributed by atoms with Crippen molar-refractivity contribution in [2.75, 3.05) is 50.4 Å². The number of halogens is 2. The van der Waals surface area contributed by atoms with Crippen LogP contribution in [-0.2, 0) is 4.74 Å². The number of amides is 1. The highest BCUT2D eigenvalue weighted by molar-refractivity contribution is 5.72. The van der Waals surface area contributed by atoms with Gasteiger partial charge in [0.2, 0.25) is 5.95 Å². The molecule has 51 heavy (non-hydrogen) atoms. The Balaban J connectivity index is 0.812. The van der Waals surface area contributed by atoms with E-state index in [2.05, 4.69) is 20.2 Å². The van der Waals surface area contributed by atoms with Gasteiger partial charge in [-0.2, -0.15) is 0 Å². The molecule has 4 aromatic rings. The van der Waals surface area contributed by atoms with Crippen LogP contribution in [0, 0.1) is 23.5 Å². The molecule has 10 heteroatoms. The van der Waals surface area contributed by atoms with Crippen molar-refractivity contribution in [3.05, 3.63) is 96.2 Å². The molecule has 1 aliphatic carbocycles. The summed E-state index contributed by atoms with van der Waals surface area (Å²) in [5.74, 6) is 1.06. The van der Waals surface area contributed by atoms with Crippen LogP contribution in [0.3, 0.4) is 0 Å². The summed E-state index contributed by atoms with van der Waals surface area (Å²) in [5, 5.41) is 3.36. The molecule has 3 aromatic carbocycles. The number of nitrogens with one attached hydrogen (secondary N) is 1. The maximum atomic E-state index is 14.9. The zero-order valence-electron chi connectivity index (χ0n) is 29.2. The number of nitrogen functional groups attached to an aromatic ring is 1. The third kappa shape index (κ3) is 8.84. The average Bonchev–Trinajstić information content (AvgIpc) is 3.16. The fourth-order valence-electron chi connectivity index (χ4n) is 8.03. The highest BCUT2D eigenvalue weighted by Crippen LogP contribution is 2.34. The van der Waals surface area contributed by atoms with Gasteiger partial charge in [-0.3, -0.25) is 0 Å². The van der Waals surface area contributed by atoms with Gasteiger partial charge < -0.3 is 25.6 Å². The summed E-state index contributed by atoms with van der Waals surface area (Å²) >= 11 is 0. The predicted molar refractivity (Wildman–Crippen MR) is 197 cm³/mol. The number of aromatic nitrogens is 2. The number of benzene rings is 3. The summed E-state index contributed by atoms with van der Waals surface area (Å²) in [5.41, 5.74) is 10.0. The molecule has 0 atom stereocenters. The number of piperidine rings is 2. The van der Waals surface area contributed by atoms with Crippen molar-refractivity contribution in [3.63, 3.8) is 0 Å². The Morgan fingerprint density at radius 1 is 0.784 bits per heavy atom. The van der Waals surface area contributed by atoms with Crippen LogP contribution in [-0.4, -0.2) is 71.2 Å². The molecule has 7 rings (SSSR count). The van der Waals surface area contributed by atoms with Crippen LogP contribution < -0.4 is 11.1 Å². The number of rotatable bonds is 9. The van der Waals surface area contributed by atoms with E-state index < -0.39 is 5.82 Å². The second-order valence-electron chi connectivity index (χ2n) is 14.6. The average molecular weight is 695 g/mol. The molecule has 0 bridgehead atoms. The van der Waals surface area contributed by atoms with E-state index in [-0.39, 0.29) is 29.6 Å². The van der Waals surface area contributed by atoms with Gasteiger partial charge in [0.05, 0.1) is 12.8 Å². The predicted octanol–water partition coefficient (Wildman–Crippen LogP) is 8.37. The first kappa shape index (κ1) is 34.9. The molecule has 8 nitrogen and oxygen atoms in total. The molecular formula is C41H48F2N6O2. The fourth-order valence-corrected chi connectivity index (χ4v) is 8.03. The number of nitrogens with two attached hydrogens (primary N) is 1. The third-order valence-corrected chi connectivity index (χ3v) is 11.1. The van der Waals surface area contributed by atoms with Crippen LogP contribution in [0.4, 0.5) is 25.2 Å². The van der Waals surface area contributed by atoms with E-state index in [1.807, 2.05) is 60.7 Å². The monoisotopic (exact) mass is 694 g/mol. The second-order valence-corrected chi connectivity index (χ2v) is 14.6. The minimum absolute atomic E-state index is 0.0722. The second kappa shape index (κ2) is 16.2. The van der Waals surface area contributed by atoms with E-state index >= 15 is 0 Å². The van der Waals surface area contributed by atoms with Crippen molar-refractivity contribution < 1.29 is 18.3 Å². The number of hydrogen-bond donors (Lipinski definition) is 2. The molecule has 268 valence electrons. The molecule has 1 saturated carbocycles. The van der Waals surface area contributed by atoms with Crippen LogP contribution in [0.5, 0.6) is 0 Å². The van der Waals surface area contributed by atoms with E-state index in [0.29, 0.717) is 48.7 Å². The fraction of sp³-hybridized carbons (Fsp3) is 0.439. The van der Waals surface area contributed by atoms with E-state index in [4.69, 9.17) is 10.5 Å². The maximum absolute atomic E-state index is 14.9. The molecule has 2 saturated heterocycles. The lowest BCUT2D eigenvalue weighted by molar-refractivity contribution is 0.0666. The Labute approximate surface area is 299 Å². The quantitative estimate of drug-likeness (QED) is 0.170. The Morgan fingerprint density at radius 2 is 1.49 bits per heavy atom. The highest BCUT2D eigenvalue weighted by atomic mass is 19.1. The lowest BCUT2D eigenvalue weighted by Gasteiger charge is -2.37. The van der Waals surface area contributed by atoms with Gasteiger partial charge in [-0.15, -0.1) is 0 Å². The van der Waals surface area contributed by atoms with Gasteiger partial charge in [-0.1, -0.05) is 54.6 Å². The van der Waals surface area contributed by atoms with Gasteiger partial charge in [-0.25, -0.2) is 23.5 Å². The van der Waals surface area contributed by atoms with E-state index in [1.54, 1.807) is 11.0 Å². The Bertz CT molecular complexity index is 1770. The number of nitrogens with zero attached hydrogens (tertiary/aromatic N) is 4. The van der Waals surface area contributed by atoms with Gasteiger partial charge in [0.15, 0.2) is 5.82 Å². The molecule has 0 spiro atoms. The van der Waals surface area contributed by atoms with Gasteiger partial charge in [0.1, 0.15) is 11.5 Å². The Kier molecular flexibility index (Phi) is 11.1. The molecule has 0 unspecified atom stereocenters. The Morgan fingerprint density at radius 3 is 2.24 bits per heavy atom. The van der Waals surface area contributed by atoms with Crippen LogP contribution in [0.1, 0.15) is 62.8 Å². The number of hydrogen-bond acceptors (Lipinski definition) is 7. The van der Waals surface area contributed by atoms with Gasteiger partial charge in [0, 0.05) is 36.9 Å². The summed E-state index contributed by atoms with van der Waals surface area (Å²) in [6.45, 7) is 4.73. The molecular weight excluding hydrogens is 646 g/mol. The van der Waals surface area contributed by atoms with Crippen molar-refractivity contribution in [3.8, 4) is 22.4 Å². The largest absolute Gasteiger partial charge is 0.449 e. The minimum Gasteiger partial charge on any atom is -0.449 e. The maximum Gasteiger partial charge on any atom is 0.409 e. The van der Waals surface area contributed by atoms with Gasteiger partial charge in [0.25, 0.3) is 0 Å². The first-order chi connectivity index (χ1) is 24.9. The summed E-state index contributed by atoms with van der Waals surface area (Å²) in [4.78, 5) is 26.0. The van der Waals surface area contributed by atoms with Crippen LogP contribution in [0.2, 0.25) is 0 Å². The molecule has 3 aliphatic rings. The number of carbonyl (C=O) groups is 1. The van der Waals surface area contributed by atoms with Crippen molar-refractivity contribution in [2.24, 2.45) is 11.8 Å². The van der Waals surface area contributed by atoms with Crippen LogP contribution >= 0.6 is 0 Å². The van der Waals surface area contributed by atoms with Crippen molar-refractivity contribution in [1.29, 1.82) is 0 Å². The number of carbonyl (C=O) groups excluding carboxylic acids is 1. The van der Waals surface area contributed by atoms with Crippen molar-refractivity contribution in [1.82, 2.24) is 19.8 Å². The zero-order valence-corrected chi connectivity index (χ0v) is 29.2. The van der Waals surface area contributed by atoms with Crippen LogP contribution in [0.15, 0.2) is 79.0 Å². The minimum atomic E-state index is -0.471. The molecule has 3 heterocycles. The molecule has 3 N–H and O–H groups in total. The highest BCUT2D eigenvalue weighted by Gasteiger charge is 2.29. The lowest BCUT2D eigenvalue weighted by atomic mass is 9.81. The first-order valence-corrected chi connectivity index (χ1v) is 18.5. The number of ether oxygens (including phenoxy) is 1. The standard InChI is InChI=1S/C41H48F2N6O2/c42-37-24-34(44)13-14-36(37)31-15-19-48(20-16-31)26-28-9-11-29(12-10-28)27-51-41(50)49-21-17-35(18-22-49)46-40-45-25-38(43)39(47-40)33-8-4-7-32(23-33)30-5-2-1-3-6-30/h1-8,13-14,23-25,28-29,31,35H,9-12,15-22,26-27,44H2,(H,45,46,47). The van der Waals surface area contributed by atoms with E-state index in [1.165, 1.54) is 12.3 Å². The third-order valence-electron chi connectivity index (χ3n) is 11.1. The van der Waals surface area contributed by atoms with E-state index in [0.717, 1.165) is 87.7 Å². The zero-order chi connectivity index (χ0) is 35.2. The summed E-state index contributed by atoms with van der Waals surface area (Å²) in [7, 11) is 0. The molecule has 0 radical (unpaired) electrons. The van der Waals surface area contributed by atoms with Gasteiger partial charge >= 0.3 is 6.09 Å². The van der Waals surface area contributed by atoms with Crippen molar-refractivity contribution >= 4 is 17.7 Å². The number of anilines is 2. The molecule has 1 aromatic heterocycles. The van der Waals surface area contributed by atoms with Crippen molar-refractivity contribution in [2.45, 2.75) is 63.3 Å². The number of likely N-dealkylation sites (tertiary alicyclic amines) is 2. The normalized spacial score (nSPS) is 20.6. The summed E-state index contributed by atoms with van der Waals surface area (Å²) in [6, 6.07) is 22.9. The van der Waals surface area contributed by atoms with Crippen LogP contribution in [0.25, 0.3) is 22.4 Å². The summed E-state index contributed by atoms with van der Waals surface area (Å²) in [6.07, 6.45) is 8.84. The molecule has 1 amide bonds. The molecule has 2 aliphatic heterocycles. The topological polar surface area (TPSA) is 96.6 Å². The first-order valence-electron chi connectivity index (χ1n) is 18.5. The lowest BCUT2D eigenvalue weighted by Crippen LogP contribution is -2.43. The van der Waals surface area contributed by atoms with E-state index in [9.17, 15) is 13.6 Å². The Hall–Kier alpha value is -4.57. The summed E-state index contributed by atoms with van der Waals surface area (Å²) < 4.78 is 35.1.